The second kappa shape index (κ2) is 4.12. The second-order valence-electron chi connectivity index (χ2n) is 3.24. The first-order valence-electron chi connectivity index (χ1n) is 4.37. The first-order valence-corrected chi connectivity index (χ1v) is 4.37. The van der Waals surface area contributed by atoms with Gasteiger partial charge < -0.3 is 9.84 Å². The molecule has 0 saturated heterocycles. The fourth-order valence-electron chi connectivity index (χ4n) is 1.15. The largest absolute Gasteiger partial charge is 0.489 e. The number of carboxylic acids is 1. The van der Waals surface area contributed by atoms with Gasteiger partial charge in [-0.25, -0.2) is 9.78 Å². The Labute approximate surface area is 86.1 Å². The van der Waals surface area contributed by atoms with Crippen LogP contribution in [0.15, 0.2) is 11.1 Å². The molecule has 6 heteroatoms. The highest BCUT2D eigenvalue weighted by Gasteiger charge is 2.18. The molecule has 1 rings (SSSR count). The summed E-state index contributed by atoms with van der Waals surface area (Å²) in [6.07, 6.45) is 1.21. The van der Waals surface area contributed by atoms with E-state index in [0.717, 1.165) is 0 Å². The van der Waals surface area contributed by atoms with Crippen LogP contribution in [0.5, 0.6) is 5.75 Å². The quantitative estimate of drug-likeness (QED) is 0.790. The van der Waals surface area contributed by atoms with Crippen LogP contribution in [0.2, 0.25) is 0 Å². The summed E-state index contributed by atoms with van der Waals surface area (Å²) in [6, 6.07) is -0.0956. The second-order valence-corrected chi connectivity index (χ2v) is 3.24. The van der Waals surface area contributed by atoms with Gasteiger partial charge in [-0.2, -0.15) is 0 Å². The highest BCUT2D eigenvalue weighted by Crippen LogP contribution is 2.10. The van der Waals surface area contributed by atoms with Gasteiger partial charge in [-0.15, -0.1) is 0 Å². The van der Waals surface area contributed by atoms with E-state index in [4.69, 9.17) is 9.84 Å². The molecule has 1 aromatic heterocycles. The number of aromatic nitrogens is 2. The summed E-state index contributed by atoms with van der Waals surface area (Å²) in [7, 11) is 1.25. The molecule has 0 bridgehead atoms. The number of nitrogens with zero attached hydrogens (tertiary/aromatic N) is 2. The third-order valence-electron chi connectivity index (χ3n) is 1.92. The maximum Gasteiger partial charge on any atom is 0.358 e. The van der Waals surface area contributed by atoms with Gasteiger partial charge in [-0.1, -0.05) is 0 Å². The Morgan fingerprint density at radius 2 is 2.20 bits per heavy atom. The van der Waals surface area contributed by atoms with Crippen molar-refractivity contribution in [3.63, 3.8) is 0 Å². The Balaban J connectivity index is 3.46. The number of rotatable bonds is 3. The molecular weight excluding hydrogens is 200 g/mol. The molecule has 0 atom stereocenters. The first-order chi connectivity index (χ1) is 6.99. The topological polar surface area (TPSA) is 81.4 Å². The zero-order valence-corrected chi connectivity index (χ0v) is 8.72. The lowest BCUT2D eigenvalue weighted by atomic mass is 10.3. The van der Waals surface area contributed by atoms with Crippen LogP contribution < -0.4 is 10.3 Å². The van der Waals surface area contributed by atoms with Crippen molar-refractivity contribution in [3.8, 4) is 5.75 Å². The number of ether oxygens (including phenoxy) is 1. The fraction of sp³-hybridized carbons (Fsp3) is 0.444. The van der Waals surface area contributed by atoms with Crippen molar-refractivity contribution in [2.75, 3.05) is 7.11 Å². The Kier molecular flexibility index (Phi) is 3.08. The Hall–Kier alpha value is -1.85. The number of methoxy groups -OCH3 is 1. The van der Waals surface area contributed by atoms with Gasteiger partial charge in [0.2, 0.25) is 5.75 Å². The molecule has 0 aliphatic heterocycles. The Morgan fingerprint density at radius 1 is 1.60 bits per heavy atom. The van der Waals surface area contributed by atoms with Crippen LogP contribution in [-0.4, -0.2) is 27.7 Å². The van der Waals surface area contributed by atoms with Crippen molar-refractivity contribution in [1.82, 2.24) is 9.55 Å². The summed E-state index contributed by atoms with van der Waals surface area (Å²) in [5, 5.41) is 8.76. The smallest absolute Gasteiger partial charge is 0.358 e. The molecule has 6 nitrogen and oxygen atoms in total. The zero-order chi connectivity index (χ0) is 11.6. The minimum absolute atomic E-state index is 0.0956. The SMILES string of the molecule is COc1c(C(=O)O)ncn(C(C)C)c1=O. The van der Waals surface area contributed by atoms with E-state index in [0.29, 0.717) is 0 Å². The Bertz CT molecular complexity index is 436. The lowest BCUT2D eigenvalue weighted by Crippen LogP contribution is -2.26. The molecule has 15 heavy (non-hydrogen) atoms. The molecule has 0 unspecified atom stereocenters. The van der Waals surface area contributed by atoms with Gasteiger partial charge in [0.15, 0.2) is 5.69 Å². The van der Waals surface area contributed by atoms with E-state index in [1.165, 1.54) is 18.0 Å². The standard InChI is InChI=1S/C9H12N2O4/c1-5(2)11-4-10-6(9(13)14)7(15-3)8(11)12/h4-5H,1-3H3,(H,13,14). The van der Waals surface area contributed by atoms with Crippen molar-refractivity contribution in [2.45, 2.75) is 19.9 Å². The minimum Gasteiger partial charge on any atom is -0.489 e. The summed E-state index contributed by atoms with van der Waals surface area (Å²) in [4.78, 5) is 26.1. The molecule has 0 spiro atoms. The summed E-state index contributed by atoms with van der Waals surface area (Å²) < 4.78 is 6.06. The van der Waals surface area contributed by atoms with E-state index in [2.05, 4.69) is 4.98 Å². The maximum atomic E-state index is 11.7. The van der Waals surface area contributed by atoms with E-state index in [9.17, 15) is 9.59 Å². The van der Waals surface area contributed by atoms with Gasteiger partial charge in [0.1, 0.15) is 0 Å². The van der Waals surface area contributed by atoms with E-state index in [-0.39, 0.29) is 17.5 Å². The molecule has 0 amide bonds. The molecule has 82 valence electrons. The lowest BCUT2D eigenvalue weighted by molar-refractivity contribution is 0.0685. The third-order valence-corrected chi connectivity index (χ3v) is 1.92. The number of aromatic carboxylic acids is 1. The zero-order valence-electron chi connectivity index (χ0n) is 8.72. The van der Waals surface area contributed by atoms with Crippen LogP contribution in [0.1, 0.15) is 30.4 Å². The van der Waals surface area contributed by atoms with Crippen molar-refractivity contribution in [2.24, 2.45) is 0 Å². The number of hydrogen-bond acceptors (Lipinski definition) is 4. The van der Waals surface area contributed by atoms with Crippen molar-refractivity contribution < 1.29 is 14.6 Å². The van der Waals surface area contributed by atoms with Crippen LogP contribution >= 0.6 is 0 Å². The maximum absolute atomic E-state index is 11.7. The minimum atomic E-state index is -1.28. The number of hydrogen-bond donors (Lipinski definition) is 1. The van der Waals surface area contributed by atoms with E-state index in [1.54, 1.807) is 13.8 Å². The average Bonchev–Trinajstić information content (AvgIpc) is 2.16. The number of carboxylic acid groups (broad SMARTS) is 1. The average molecular weight is 212 g/mol. The van der Waals surface area contributed by atoms with Crippen LogP contribution in [0.25, 0.3) is 0 Å². The van der Waals surface area contributed by atoms with Crippen LogP contribution in [0.3, 0.4) is 0 Å². The monoisotopic (exact) mass is 212 g/mol. The van der Waals surface area contributed by atoms with Gasteiger partial charge in [0.05, 0.1) is 13.4 Å². The molecule has 1 N–H and O–H groups in total. The predicted octanol–water partition coefficient (Wildman–Crippen LogP) is 0.531. The molecule has 0 radical (unpaired) electrons. The van der Waals surface area contributed by atoms with Crippen LogP contribution in [0, 0.1) is 0 Å². The fourth-order valence-corrected chi connectivity index (χ4v) is 1.15. The lowest BCUT2D eigenvalue weighted by Gasteiger charge is -2.11. The first kappa shape index (κ1) is 11.2. The molecule has 0 aromatic carbocycles. The molecule has 0 aliphatic carbocycles. The molecular formula is C9H12N2O4. The van der Waals surface area contributed by atoms with E-state index < -0.39 is 11.5 Å². The Morgan fingerprint density at radius 3 is 2.60 bits per heavy atom. The van der Waals surface area contributed by atoms with Gasteiger partial charge in [-0.05, 0) is 13.8 Å². The molecule has 1 aromatic rings. The molecule has 0 fully saturated rings. The van der Waals surface area contributed by atoms with Crippen LogP contribution in [0.4, 0.5) is 0 Å². The van der Waals surface area contributed by atoms with Crippen LogP contribution in [-0.2, 0) is 0 Å². The third kappa shape index (κ3) is 1.98. The molecule has 0 saturated carbocycles. The predicted molar refractivity (Wildman–Crippen MR) is 52.4 cm³/mol. The normalized spacial score (nSPS) is 10.4. The summed E-state index contributed by atoms with van der Waals surface area (Å²) >= 11 is 0. The summed E-state index contributed by atoms with van der Waals surface area (Å²) in [5.74, 6) is -1.52. The van der Waals surface area contributed by atoms with Crippen molar-refractivity contribution >= 4 is 5.97 Å². The van der Waals surface area contributed by atoms with Crippen molar-refractivity contribution in [1.29, 1.82) is 0 Å². The van der Waals surface area contributed by atoms with E-state index in [1.807, 2.05) is 0 Å². The highest BCUT2D eigenvalue weighted by atomic mass is 16.5. The number of carbonyl (C=O) groups is 1. The summed E-state index contributed by atoms with van der Waals surface area (Å²) in [6.45, 7) is 3.59. The van der Waals surface area contributed by atoms with Crippen molar-refractivity contribution in [3.05, 3.63) is 22.4 Å². The van der Waals surface area contributed by atoms with Gasteiger partial charge >= 0.3 is 5.97 Å². The highest BCUT2D eigenvalue weighted by molar-refractivity contribution is 5.88. The van der Waals surface area contributed by atoms with Gasteiger partial charge in [0.25, 0.3) is 5.56 Å². The molecule has 1 heterocycles. The van der Waals surface area contributed by atoms with Gasteiger partial charge in [0, 0.05) is 6.04 Å². The van der Waals surface area contributed by atoms with E-state index >= 15 is 0 Å². The molecule has 0 aliphatic rings. The summed E-state index contributed by atoms with van der Waals surface area (Å²) in [5.41, 5.74) is -0.848. The van der Waals surface area contributed by atoms with Gasteiger partial charge in [-0.3, -0.25) is 9.36 Å².